The summed E-state index contributed by atoms with van der Waals surface area (Å²) in [7, 11) is -3.55. The van der Waals surface area contributed by atoms with Crippen LogP contribution in [0.1, 0.15) is 40.7 Å². The molecule has 2 aromatic heterocycles. The average molecular weight is 522 g/mol. The molecule has 4 aromatic rings. The molecule has 0 spiro atoms. The largest absolute Gasteiger partial charge is 0.463 e. The second kappa shape index (κ2) is 10.0. The van der Waals surface area contributed by atoms with Gasteiger partial charge in [-0.3, -0.25) is 10.1 Å². The molecule has 1 saturated heterocycles. The smallest absolute Gasteiger partial charge is 0.257 e. The molecule has 1 aliphatic rings. The first-order chi connectivity index (χ1) is 17.3. The molecule has 9 heteroatoms. The van der Waals surface area contributed by atoms with Crippen molar-refractivity contribution in [2.75, 3.05) is 18.4 Å². The molecule has 1 fully saturated rings. The van der Waals surface area contributed by atoms with Crippen LogP contribution in [0.3, 0.4) is 0 Å². The number of carbonyl (C=O) groups excluding carboxylic acids is 1. The summed E-state index contributed by atoms with van der Waals surface area (Å²) in [6.07, 6.45) is 4.41. The average Bonchev–Trinajstić information content (AvgIpc) is 3.56. The Morgan fingerprint density at radius 2 is 1.78 bits per heavy atom. The normalized spacial score (nSPS) is 14.6. The number of nitrogens with one attached hydrogen (secondary N) is 1. The van der Waals surface area contributed by atoms with Gasteiger partial charge in [-0.25, -0.2) is 13.4 Å². The first kappa shape index (κ1) is 24.4. The van der Waals surface area contributed by atoms with Crippen LogP contribution < -0.4 is 5.32 Å². The van der Waals surface area contributed by atoms with E-state index in [4.69, 9.17) is 9.40 Å². The Balaban J connectivity index is 1.41. The van der Waals surface area contributed by atoms with E-state index in [1.807, 2.05) is 32.0 Å². The SMILES string of the molecule is Cc1ccc(C)c(-c2nc(NC(=O)c3ccc(S(=O)(=O)N4CCCCC4)cc3)sc2-c2ccco2)c1. The summed E-state index contributed by atoms with van der Waals surface area (Å²) in [6.45, 7) is 5.13. The Kier molecular flexibility index (Phi) is 6.79. The van der Waals surface area contributed by atoms with E-state index < -0.39 is 10.0 Å². The van der Waals surface area contributed by atoms with Crippen molar-refractivity contribution in [3.8, 4) is 21.9 Å². The van der Waals surface area contributed by atoms with E-state index in [-0.39, 0.29) is 10.8 Å². The van der Waals surface area contributed by atoms with E-state index in [9.17, 15) is 13.2 Å². The van der Waals surface area contributed by atoms with Crippen molar-refractivity contribution < 1.29 is 17.6 Å². The fraction of sp³-hybridized carbons (Fsp3) is 0.259. The zero-order valence-corrected chi connectivity index (χ0v) is 21.8. The Morgan fingerprint density at radius 3 is 2.47 bits per heavy atom. The van der Waals surface area contributed by atoms with Gasteiger partial charge in [0.15, 0.2) is 5.13 Å². The topological polar surface area (TPSA) is 92.5 Å². The summed E-state index contributed by atoms with van der Waals surface area (Å²) >= 11 is 1.34. The van der Waals surface area contributed by atoms with Crippen LogP contribution in [0.15, 0.2) is 70.2 Å². The lowest BCUT2D eigenvalue weighted by Crippen LogP contribution is -2.35. The maximum Gasteiger partial charge on any atom is 0.257 e. The highest BCUT2D eigenvalue weighted by Crippen LogP contribution is 2.40. The standard InChI is InChI=1S/C27H27N3O4S2/c1-18-8-9-19(2)22(17-18)24-25(23-7-6-16-34-23)35-27(28-24)29-26(31)20-10-12-21(13-11-20)36(32,33)30-14-4-3-5-15-30/h6-13,16-17H,3-5,14-15H2,1-2H3,(H,28,29,31). The minimum atomic E-state index is -3.55. The molecule has 0 aliphatic carbocycles. The van der Waals surface area contributed by atoms with Crippen LogP contribution in [0.2, 0.25) is 0 Å². The number of nitrogens with zero attached hydrogens (tertiary/aromatic N) is 2. The zero-order valence-electron chi connectivity index (χ0n) is 20.2. The van der Waals surface area contributed by atoms with Crippen LogP contribution in [-0.2, 0) is 10.0 Å². The second-order valence-corrected chi connectivity index (χ2v) is 11.9. The molecule has 1 amide bonds. The van der Waals surface area contributed by atoms with Crippen LogP contribution in [0.25, 0.3) is 21.9 Å². The molecule has 2 aromatic carbocycles. The highest BCUT2D eigenvalue weighted by molar-refractivity contribution is 7.89. The number of sulfonamides is 1. The molecule has 0 saturated carbocycles. The fourth-order valence-electron chi connectivity index (χ4n) is 4.32. The Bertz CT molecular complexity index is 1480. The van der Waals surface area contributed by atoms with E-state index in [1.165, 1.54) is 27.8 Å². The lowest BCUT2D eigenvalue weighted by molar-refractivity contribution is 0.102. The molecule has 1 aliphatic heterocycles. The predicted octanol–water partition coefficient (Wildman–Crippen LogP) is 6.11. The number of aryl methyl sites for hydroxylation is 2. The van der Waals surface area contributed by atoms with Crippen LogP contribution in [0.5, 0.6) is 0 Å². The van der Waals surface area contributed by atoms with Crippen LogP contribution in [-0.4, -0.2) is 36.7 Å². The molecule has 5 rings (SSSR count). The van der Waals surface area contributed by atoms with E-state index in [2.05, 4.69) is 17.4 Å². The lowest BCUT2D eigenvalue weighted by Gasteiger charge is -2.25. The Hall–Kier alpha value is -3.27. The van der Waals surface area contributed by atoms with Gasteiger partial charge in [0, 0.05) is 24.2 Å². The Morgan fingerprint density at radius 1 is 1.03 bits per heavy atom. The first-order valence-corrected chi connectivity index (χ1v) is 14.1. The molecule has 36 heavy (non-hydrogen) atoms. The van der Waals surface area contributed by atoms with Gasteiger partial charge in [0.25, 0.3) is 5.91 Å². The number of furan rings is 1. The first-order valence-electron chi connectivity index (χ1n) is 11.9. The summed E-state index contributed by atoms with van der Waals surface area (Å²) in [5.41, 5.74) is 4.26. The highest BCUT2D eigenvalue weighted by Gasteiger charge is 2.26. The number of rotatable bonds is 6. The number of anilines is 1. The zero-order chi connectivity index (χ0) is 25.3. The summed E-state index contributed by atoms with van der Waals surface area (Å²) in [6, 6.07) is 15.9. The maximum atomic E-state index is 13.0. The van der Waals surface area contributed by atoms with Gasteiger partial charge >= 0.3 is 0 Å². The summed E-state index contributed by atoms with van der Waals surface area (Å²) < 4.78 is 33.0. The van der Waals surface area contributed by atoms with Crippen molar-refractivity contribution in [2.24, 2.45) is 0 Å². The minimum Gasteiger partial charge on any atom is -0.463 e. The number of aromatic nitrogens is 1. The van der Waals surface area contributed by atoms with Gasteiger partial charge in [-0.15, -0.1) is 0 Å². The van der Waals surface area contributed by atoms with E-state index >= 15 is 0 Å². The van der Waals surface area contributed by atoms with Gasteiger partial charge in [0.1, 0.15) is 5.76 Å². The second-order valence-electron chi connectivity index (χ2n) is 8.94. The van der Waals surface area contributed by atoms with Crippen molar-refractivity contribution in [2.45, 2.75) is 38.0 Å². The number of thiazole rings is 1. The number of piperidine rings is 1. The molecule has 0 bridgehead atoms. The third-order valence-corrected chi connectivity index (χ3v) is 9.21. The predicted molar refractivity (Wildman–Crippen MR) is 142 cm³/mol. The quantitative estimate of drug-likeness (QED) is 0.330. The maximum absolute atomic E-state index is 13.0. The van der Waals surface area contributed by atoms with Gasteiger partial charge < -0.3 is 4.42 Å². The monoisotopic (exact) mass is 521 g/mol. The van der Waals surface area contributed by atoms with Gasteiger partial charge in [-0.2, -0.15) is 4.31 Å². The van der Waals surface area contributed by atoms with Gasteiger partial charge in [-0.1, -0.05) is 35.5 Å². The minimum absolute atomic E-state index is 0.201. The van der Waals surface area contributed by atoms with Crippen LogP contribution in [0, 0.1) is 13.8 Å². The third-order valence-electron chi connectivity index (χ3n) is 6.31. The lowest BCUT2D eigenvalue weighted by atomic mass is 10.0. The van der Waals surface area contributed by atoms with Gasteiger partial charge in [0.05, 0.1) is 21.7 Å². The molecule has 3 heterocycles. The van der Waals surface area contributed by atoms with E-state index in [1.54, 1.807) is 18.4 Å². The van der Waals surface area contributed by atoms with E-state index in [0.717, 1.165) is 46.5 Å². The van der Waals surface area contributed by atoms with Gasteiger partial charge in [0.2, 0.25) is 10.0 Å². The van der Waals surface area contributed by atoms with Crippen LogP contribution >= 0.6 is 11.3 Å². The van der Waals surface area contributed by atoms with Crippen molar-refractivity contribution in [3.63, 3.8) is 0 Å². The van der Waals surface area contributed by atoms with Crippen molar-refractivity contribution in [1.29, 1.82) is 0 Å². The fourth-order valence-corrected chi connectivity index (χ4v) is 6.78. The molecular weight excluding hydrogens is 494 g/mol. The number of carbonyl (C=O) groups is 1. The van der Waals surface area contributed by atoms with Crippen molar-refractivity contribution in [3.05, 3.63) is 77.6 Å². The van der Waals surface area contributed by atoms with Crippen molar-refractivity contribution in [1.82, 2.24) is 9.29 Å². The molecule has 186 valence electrons. The number of hydrogen-bond acceptors (Lipinski definition) is 6. The molecule has 7 nitrogen and oxygen atoms in total. The Labute approximate surface area is 214 Å². The molecular formula is C27H27N3O4S2. The summed E-state index contributed by atoms with van der Waals surface area (Å²) in [5, 5.41) is 3.31. The highest BCUT2D eigenvalue weighted by atomic mass is 32.2. The van der Waals surface area contributed by atoms with Crippen LogP contribution in [0.4, 0.5) is 5.13 Å². The molecule has 0 radical (unpaired) electrons. The van der Waals surface area contributed by atoms with Crippen molar-refractivity contribution >= 4 is 32.4 Å². The summed E-state index contributed by atoms with van der Waals surface area (Å²) in [4.78, 5) is 18.8. The summed E-state index contributed by atoms with van der Waals surface area (Å²) in [5.74, 6) is 0.320. The molecule has 1 N–H and O–H groups in total. The van der Waals surface area contributed by atoms with E-state index in [0.29, 0.717) is 29.5 Å². The molecule has 0 unspecified atom stereocenters. The number of benzene rings is 2. The molecule has 0 atom stereocenters. The third kappa shape index (κ3) is 4.86. The number of hydrogen-bond donors (Lipinski definition) is 1. The number of amides is 1. The van der Waals surface area contributed by atoms with Gasteiger partial charge in [-0.05, 0) is 74.7 Å².